The van der Waals surface area contributed by atoms with Crippen LogP contribution in [0.5, 0.6) is 0 Å². The number of unbranched alkanes of at least 4 members (excludes halogenated alkanes) is 41. The summed E-state index contributed by atoms with van der Waals surface area (Å²) in [5, 5.41) is 110. The number of aliphatic hydroxyl groups excluding tert-OH is 10. The zero-order valence-electron chi connectivity index (χ0n) is 61.1. The predicted molar refractivity (Wildman–Crippen MR) is 375 cm³/mol. The summed E-state index contributed by atoms with van der Waals surface area (Å²) in [6.07, 6.45) is 14.4. The van der Waals surface area contributed by atoms with E-state index in [1.807, 2.05) is 0 Å². The van der Waals surface area contributed by atoms with Crippen LogP contribution in [-0.4, -0.2) is 204 Å². The van der Waals surface area contributed by atoms with Crippen LogP contribution < -0.4 is 0 Å². The van der Waals surface area contributed by atoms with Gasteiger partial charge >= 0.3 is 25.7 Å². The highest BCUT2D eigenvalue weighted by atomic mass is 31.2. The van der Waals surface area contributed by atoms with Gasteiger partial charge in [0, 0.05) is 19.3 Å². The Morgan fingerprint density at radius 2 is 0.646 bits per heavy atom. The molecule has 0 spiro atoms. The molecule has 24 nitrogen and oxygen atoms in total. The molecule has 99 heavy (non-hydrogen) atoms. The van der Waals surface area contributed by atoms with E-state index in [0.29, 0.717) is 19.3 Å². The number of carbonyl (C=O) groups is 3. The van der Waals surface area contributed by atoms with Gasteiger partial charge in [-0.05, 0) is 19.3 Å². The Bertz CT molecular complexity index is 2050. The van der Waals surface area contributed by atoms with E-state index < -0.39 is 156 Å². The fourth-order valence-electron chi connectivity index (χ4n) is 13.2. The van der Waals surface area contributed by atoms with Crippen molar-refractivity contribution < 1.29 is 117 Å². The lowest BCUT2D eigenvalue weighted by Crippen LogP contribution is -2.69. The van der Waals surface area contributed by atoms with E-state index in [0.717, 1.165) is 89.9 Å². The van der Waals surface area contributed by atoms with Crippen LogP contribution >= 0.6 is 7.82 Å². The molecule has 2 heterocycles. The topological polar surface area (TPSA) is 374 Å². The lowest BCUT2D eigenvalue weighted by Gasteiger charge is -2.49. The van der Waals surface area contributed by atoms with Gasteiger partial charge in [0.25, 0.3) is 0 Å². The summed E-state index contributed by atoms with van der Waals surface area (Å²) >= 11 is 0. The number of aliphatic hydroxyl groups is 10. The Labute approximate surface area is 593 Å². The molecule has 2 saturated heterocycles. The fraction of sp³-hybridized carbons (Fsp3) is 0.959. The summed E-state index contributed by atoms with van der Waals surface area (Å²) in [6, 6.07) is 0. The average molecular weight is 1440 g/mol. The van der Waals surface area contributed by atoms with E-state index in [1.54, 1.807) is 0 Å². The van der Waals surface area contributed by atoms with Crippen LogP contribution in [0.4, 0.5) is 0 Å². The minimum absolute atomic E-state index is 0.0326. The first-order valence-electron chi connectivity index (χ1n) is 39.3. The average Bonchev–Trinajstić information content (AvgIpc) is 0.764. The van der Waals surface area contributed by atoms with Crippen LogP contribution in [0.15, 0.2) is 0 Å². The lowest BCUT2D eigenvalue weighted by atomic mass is 9.84. The van der Waals surface area contributed by atoms with E-state index in [4.69, 9.17) is 42.2 Å². The SMILES string of the molecule is CCCCCCCCCCCCCCCCCCCC(=O)OC(COC(=O)CCCCCCCCCCCCCCCC)COP(=O)(O)OC1C(OC2OC(CO)C(O)C(O)C2O)C(O)C(O)C(O)C1OC1OC(COC(=O)CCCCCCCCCCCCCCC)C(O)C(O)C1O. The fourth-order valence-corrected chi connectivity index (χ4v) is 14.2. The molecule has 584 valence electrons. The maximum Gasteiger partial charge on any atom is 0.472 e. The summed E-state index contributed by atoms with van der Waals surface area (Å²) in [5.41, 5.74) is 0. The number of esters is 3. The third-order valence-corrected chi connectivity index (χ3v) is 20.6. The number of hydrogen-bond acceptors (Lipinski definition) is 23. The van der Waals surface area contributed by atoms with Gasteiger partial charge in [-0.2, -0.15) is 0 Å². The Morgan fingerprint density at radius 3 is 0.990 bits per heavy atom. The van der Waals surface area contributed by atoms with Gasteiger partial charge in [-0.15, -0.1) is 0 Å². The monoisotopic (exact) mass is 1440 g/mol. The zero-order chi connectivity index (χ0) is 72.5. The first-order chi connectivity index (χ1) is 47.8. The van der Waals surface area contributed by atoms with Gasteiger partial charge in [0.05, 0.1) is 13.2 Å². The summed E-state index contributed by atoms with van der Waals surface area (Å²) in [5.74, 6) is -1.97. The highest BCUT2D eigenvalue weighted by molar-refractivity contribution is 7.47. The number of ether oxygens (including phenoxy) is 7. The molecular weight excluding hydrogens is 1300 g/mol. The minimum atomic E-state index is -5.69. The van der Waals surface area contributed by atoms with Crippen LogP contribution in [0.25, 0.3) is 0 Å². The summed E-state index contributed by atoms with van der Waals surface area (Å²) in [6.45, 7) is 3.49. The molecule has 11 N–H and O–H groups in total. The Kier molecular flexibility index (Phi) is 51.9. The van der Waals surface area contributed by atoms with Crippen molar-refractivity contribution >= 4 is 25.7 Å². The van der Waals surface area contributed by atoms with Crippen LogP contribution in [0.3, 0.4) is 0 Å². The maximum atomic E-state index is 14.4. The van der Waals surface area contributed by atoms with Gasteiger partial charge in [-0.3, -0.25) is 23.4 Å². The molecule has 1 saturated carbocycles. The molecule has 2 aliphatic heterocycles. The molecular formula is C74H139O24P. The van der Waals surface area contributed by atoms with Gasteiger partial charge in [0.1, 0.15) is 98.7 Å². The number of hydrogen-bond donors (Lipinski definition) is 11. The van der Waals surface area contributed by atoms with Gasteiger partial charge in [0.2, 0.25) is 0 Å². The van der Waals surface area contributed by atoms with Crippen molar-refractivity contribution in [3.05, 3.63) is 0 Å². The number of rotatable bonds is 62. The van der Waals surface area contributed by atoms with E-state index >= 15 is 0 Å². The quantitative estimate of drug-likeness (QED) is 0.0117. The number of phosphoric acid groups is 1. The first kappa shape index (κ1) is 91.2. The minimum Gasteiger partial charge on any atom is -0.463 e. The second-order valence-electron chi connectivity index (χ2n) is 28.4. The molecule has 0 aromatic heterocycles. The van der Waals surface area contributed by atoms with Crippen LogP contribution in [-0.2, 0) is 61.2 Å². The van der Waals surface area contributed by atoms with Crippen molar-refractivity contribution in [2.75, 3.05) is 26.4 Å². The Balaban J connectivity index is 1.72. The van der Waals surface area contributed by atoms with Gasteiger partial charge in [-0.25, -0.2) is 4.57 Å². The summed E-state index contributed by atoms with van der Waals surface area (Å²) < 4.78 is 65.1. The molecule has 3 fully saturated rings. The van der Waals surface area contributed by atoms with Crippen molar-refractivity contribution in [1.82, 2.24) is 0 Å². The Hall–Kier alpha value is -2.04. The van der Waals surface area contributed by atoms with E-state index in [9.17, 15) is 74.9 Å². The van der Waals surface area contributed by atoms with Crippen LogP contribution in [0.1, 0.15) is 323 Å². The second kappa shape index (κ2) is 56.3. The molecule has 0 aromatic carbocycles. The van der Waals surface area contributed by atoms with Crippen molar-refractivity contribution in [1.29, 1.82) is 0 Å². The van der Waals surface area contributed by atoms with E-state index in [2.05, 4.69) is 20.8 Å². The summed E-state index contributed by atoms with van der Waals surface area (Å²) in [4.78, 5) is 51.1. The summed E-state index contributed by atoms with van der Waals surface area (Å²) in [7, 11) is -5.69. The molecule has 18 atom stereocenters. The van der Waals surface area contributed by atoms with Gasteiger partial charge in [-0.1, -0.05) is 284 Å². The molecule has 0 bridgehead atoms. The molecule has 0 amide bonds. The first-order valence-corrected chi connectivity index (χ1v) is 40.8. The van der Waals surface area contributed by atoms with E-state index in [-0.39, 0.29) is 19.3 Å². The van der Waals surface area contributed by atoms with Crippen molar-refractivity contribution in [3.8, 4) is 0 Å². The number of phosphoric ester groups is 1. The number of carbonyl (C=O) groups excluding carboxylic acids is 3. The highest BCUT2D eigenvalue weighted by Crippen LogP contribution is 2.49. The van der Waals surface area contributed by atoms with Crippen LogP contribution in [0, 0.1) is 0 Å². The normalized spacial score (nSPS) is 27.4. The van der Waals surface area contributed by atoms with Crippen LogP contribution in [0.2, 0.25) is 0 Å². The largest absolute Gasteiger partial charge is 0.472 e. The molecule has 0 aromatic rings. The third kappa shape index (κ3) is 39.2. The van der Waals surface area contributed by atoms with E-state index in [1.165, 1.54) is 173 Å². The molecule has 25 heteroatoms. The Morgan fingerprint density at radius 1 is 0.354 bits per heavy atom. The third-order valence-electron chi connectivity index (χ3n) is 19.6. The molecule has 3 rings (SSSR count). The smallest absolute Gasteiger partial charge is 0.463 e. The zero-order valence-corrected chi connectivity index (χ0v) is 61.9. The van der Waals surface area contributed by atoms with Crippen molar-refractivity contribution in [2.45, 2.75) is 427 Å². The standard InChI is InChI=1S/C74H139O24P/c1-4-7-10-13-16-19-22-25-27-28-29-32-35-38-41-44-47-50-60(78)93-55(52-90-58(76)48-45-42-39-36-34-31-26-23-20-17-14-11-8-5-2)53-92-99(88,89)98-72-70(96-73-68(86)63(81)61(79)56(51-75)94-73)66(84)65(83)67(85)71(72)97-74-69(87)64(82)62(80)57(95-74)54-91-59(77)49-46-43-40-37-33-30-24-21-18-15-12-9-6-3/h55-57,61-75,79-87H,4-54H2,1-3H3,(H,88,89). The molecule has 18 unspecified atom stereocenters. The van der Waals surface area contributed by atoms with Gasteiger partial charge in [0.15, 0.2) is 18.7 Å². The van der Waals surface area contributed by atoms with Crippen molar-refractivity contribution in [3.63, 3.8) is 0 Å². The molecule has 3 aliphatic rings. The molecule has 1 aliphatic carbocycles. The predicted octanol–water partition coefficient (Wildman–Crippen LogP) is 11.4. The van der Waals surface area contributed by atoms with Crippen molar-refractivity contribution in [2.24, 2.45) is 0 Å². The van der Waals surface area contributed by atoms with Gasteiger partial charge < -0.3 is 89.1 Å². The lowest BCUT2D eigenvalue weighted by molar-refractivity contribution is -0.360. The maximum absolute atomic E-state index is 14.4. The molecule has 0 radical (unpaired) electrons. The highest BCUT2D eigenvalue weighted by Gasteiger charge is 2.58. The second-order valence-corrected chi connectivity index (χ2v) is 29.8.